The molecule has 1 aliphatic rings. The van der Waals surface area contributed by atoms with E-state index >= 15 is 0 Å². The van der Waals surface area contributed by atoms with Crippen LogP contribution >= 0.6 is 23.4 Å². The smallest absolute Gasteiger partial charge is 0.303 e. The average Bonchev–Trinajstić information content (AvgIpc) is 2.96. The number of ether oxygens (including phenoxy) is 2. The van der Waals surface area contributed by atoms with E-state index in [1.165, 1.54) is 18.7 Å². The third kappa shape index (κ3) is 9.23. The van der Waals surface area contributed by atoms with Gasteiger partial charge in [-0.1, -0.05) is 23.7 Å². The Kier molecular flexibility index (Phi) is 11.9. The summed E-state index contributed by atoms with van der Waals surface area (Å²) in [6.45, 7) is 2.45. The predicted molar refractivity (Wildman–Crippen MR) is 144 cm³/mol. The highest BCUT2D eigenvalue weighted by Crippen LogP contribution is 2.47. The first-order valence-corrected chi connectivity index (χ1v) is 12.9. The molecule has 0 radical (unpaired) electrons. The summed E-state index contributed by atoms with van der Waals surface area (Å²) in [7, 11) is 5.49. The van der Waals surface area contributed by atoms with Crippen LogP contribution in [0.1, 0.15) is 30.6 Å². The van der Waals surface area contributed by atoms with Gasteiger partial charge in [0.05, 0.1) is 30.9 Å². The van der Waals surface area contributed by atoms with Crippen LogP contribution in [0.15, 0.2) is 47.4 Å². The molecule has 0 saturated heterocycles. The Labute approximate surface area is 230 Å². The largest absolute Gasteiger partial charge is 0.497 e. The summed E-state index contributed by atoms with van der Waals surface area (Å²) in [6, 6.07) is 12.9. The molecule has 0 fully saturated rings. The maximum absolute atomic E-state index is 13.6. The SMILES string of the molecule is COc1ccc([C@@H]2Sc3cc(Cl)ccc3N(CCN(C)C)C(=O)[C@@H]2OC(C)=O)cc1.O=C(O)CCC(=O)O. The Morgan fingerprint density at radius 2 is 1.66 bits per heavy atom. The molecule has 0 aromatic heterocycles. The lowest BCUT2D eigenvalue weighted by atomic mass is 10.1. The molecule has 1 aliphatic heterocycles. The first-order chi connectivity index (χ1) is 17.9. The first kappa shape index (κ1) is 30.9. The van der Waals surface area contributed by atoms with Gasteiger partial charge in [0.25, 0.3) is 5.91 Å². The number of rotatable bonds is 9. The third-order valence-corrected chi connectivity index (χ3v) is 6.90. The highest BCUT2D eigenvalue weighted by molar-refractivity contribution is 7.99. The highest BCUT2D eigenvalue weighted by Gasteiger charge is 2.40. The van der Waals surface area contributed by atoms with Crippen molar-refractivity contribution in [2.24, 2.45) is 0 Å². The highest BCUT2D eigenvalue weighted by atomic mass is 35.5. The Morgan fingerprint density at radius 1 is 1.05 bits per heavy atom. The maximum atomic E-state index is 13.6. The molecule has 0 aliphatic carbocycles. The van der Waals surface area contributed by atoms with Crippen molar-refractivity contribution in [3.05, 3.63) is 53.1 Å². The zero-order valence-corrected chi connectivity index (χ0v) is 23.1. The fourth-order valence-electron chi connectivity index (χ4n) is 3.48. The molecule has 0 unspecified atom stereocenters. The summed E-state index contributed by atoms with van der Waals surface area (Å²) in [5, 5.41) is 16.0. The minimum Gasteiger partial charge on any atom is -0.497 e. The van der Waals surface area contributed by atoms with Gasteiger partial charge in [-0.3, -0.25) is 19.2 Å². The number of carbonyl (C=O) groups excluding carboxylic acids is 2. The lowest BCUT2D eigenvalue weighted by Crippen LogP contribution is -2.45. The Bertz CT molecular complexity index is 1130. The zero-order valence-electron chi connectivity index (χ0n) is 21.5. The van der Waals surface area contributed by atoms with Crippen molar-refractivity contribution >= 4 is 52.9 Å². The molecule has 0 bridgehead atoms. The summed E-state index contributed by atoms with van der Waals surface area (Å²) in [6.07, 6.45) is -1.56. The molecular weight excluding hydrogens is 536 g/mol. The standard InChI is InChI=1S/C22H25ClN2O4S.C4H6O4/c1-14(26)29-20-21(15-5-8-17(28-4)9-6-15)30-19-13-16(23)7-10-18(19)25(22(20)27)12-11-24(2)3;5-3(6)1-2-4(7)8/h5-10,13,20-21H,11-12H2,1-4H3;1-2H2,(H,5,6)(H,7,8)/t20-,21+;/m1./s1. The third-order valence-electron chi connectivity index (χ3n) is 5.31. The van der Waals surface area contributed by atoms with Crippen LogP contribution < -0.4 is 9.64 Å². The lowest BCUT2D eigenvalue weighted by molar-refractivity contribution is -0.152. The van der Waals surface area contributed by atoms with Gasteiger partial charge in [-0.05, 0) is 50.0 Å². The second kappa shape index (κ2) is 14.6. The quantitative estimate of drug-likeness (QED) is 0.429. The van der Waals surface area contributed by atoms with Gasteiger partial charge < -0.3 is 29.5 Å². The van der Waals surface area contributed by atoms with E-state index in [0.29, 0.717) is 23.9 Å². The number of carboxylic acid groups (broad SMARTS) is 2. The van der Waals surface area contributed by atoms with Crippen LogP contribution in [0.25, 0.3) is 0 Å². The zero-order chi connectivity index (χ0) is 28.4. The molecule has 12 heteroatoms. The molecule has 0 spiro atoms. The van der Waals surface area contributed by atoms with Gasteiger partial charge in [-0.25, -0.2) is 0 Å². The molecule has 2 aromatic carbocycles. The van der Waals surface area contributed by atoms with Crippen LogP contribution in [0.3, 0.4) is 0 Å². The van der Waals surface area contributed by atoms with Crippen molar-refractivity contribution in [2.75, 3.05) is 39.2 Å². The van der Waals surface area contributed by atoms with Crippen LogP contribution in [-0.2, 0) is 23.9 Å². The number of thioether (sulfide) groups is 1. The van der Waals surface area contributed by atoms with Crippen molar-refractivity contribution in [3.8, 4) is 5.75 Å². The van der Waals surface area contributed by atoms with E-state index in [-0.39, 0.29) is 18.7 Å². The van der Waals surface area contributed by atoms with Gasteiger partial charge in [-0.15, -0.1) is 11.8 Å². The van der Waals surface area contributed by atoms with Crippen molar-refractivity contribution in [3.63, 3.8) is 0 Å². The number of carboxylic acids is 2. The molecule has 1 heterocycles. The van der Waals surface area contributed by atoms with Crippen LogP contribution in [0, 0.1) is 0 Å². The molecule has 2 aromatic rings. The van der Waals surface area contributed by atoms with E-state index < -0.39 is 29.3 Å². The second-order valence-electron chi connectivity index (χ2n) is 8.53. The summed E-state index contributed by atoms with van der Waals surface area (Å²) in [5.41, 5.74) is 1.63. The number of benzene rings is 2. The summed E-state index contributed by atoms with van der Waals surface area (Å²) >= 11 is 7.74. The molecule has 0 saturated carbocycles. The van der Waals surface area contributed by atoms with Gasteiger partial charge >= 0.3 is 17.9 Å². The molecular formula is C26H31ClN2O8S. The van der Waals surface area contributed by atoms with Crippen molar-refractivity contribution < 1.29 is 38.9 Å². The number of hydrogen-bond acceptors (Lipinski definition) is 8. The van der Waals surface area contributed by atoms with E-state index in [1.807, 2.05) is 55.4 Å². The molecule has 10 nitrogen and oxygen atoms in total. The minimum atomic E-state index is -1.08. The number of fused-ring (bicyclic) bond motifs is 1. The molecule has 3 rings (SSSR count). The van der Waals surface area contributed by atoms with Gasteiger partial charge in [0.1, 0.15) is 5.75 Å². The second-order valence-corrected chi connectivity index (χ2v) is 10.2. The molecule has 206 valence electrons. The van der Waals surface area contributed by atoms with Crippen molar-refractivity contribution in [1.82, 2.24) is 4.90 Å². The molecule has 38 heavy (non-hydrogen) atoms. The molecule has 2 N–H and O–H groups in total. The number of likely N-dealkylation sites (N-methyl/N-ethyl adjacent to an activating group) is 1. The lowest BCUT2D eigenvalue weighted by Gasteiger charge is -2.28. The van der Waals surface area contributed by atoms with Gasteiger partial charge in [0, 0.05) is 29.9 Å². The molecule has 1 amide bonds. The van der Waals surface area contributed by atoms with Crippen molar-refractivity contribution in [1.29, 1.82) is 0 Å². The first-order valence-electron chi connectivity index (χ1n) is 11.6. The Morgan fingerprint density at radius 3 is 2.16 bits per heavy atom. The predicted octanol–water partition coefficient (Wildman–Crippen LogP) is 3.96. The number of nitrogens with zero attached hydrogens (tertiary/aromatic N) is 2. The number of halogens is 1. The van der Waals surface area contributed by atoms with E-state index in [2.05, 4.69) is 0 Å². The Hall–Kier alpha value is -3.28. The van der Waals surface area contributed by atoms with Crippen LogP contribution in [0.4, 0.5) is 5.69 Å². The number of carbonyl (C=O) groups is 4. The van der Waals surface area contributed by atoms with Gasteiger partial charge in [0.2, 0.25) is 0 Å². The van der Waals surface area contributed by atoms with E-state index in [1.54, 1.807) is 18.1 Å². The fourth-order valence-corrected chi connectivity index (χ4v) is 5.07. The van der Waals surface area contributed by atoms with E-state index in [4.69, 9.17) is 31.3 Å². The number of aliphatic carboxylic acids is 2. The van der Waals surface area contributed by atoms with E-state index in [0.717, 1.165) is 16.1 Å². The number of anilines is 1. The topological polar surface area (TPSA) is 134 Å². The van der Waals surface area contributed by atoms with Crippen molar-refractivity contribution in [2.45, 2.75) is 36.0 Å². The number of methoxy groups -OCH3 is 1. The number of amides is 1. The normalized spacial score (nSPS) is 16.6. The van der Waals surface area contributed by atoms with Crippen LogP contribution in [0.2, 0.25) is 5.02 Å². The monoisotopic (exact) mass is 566 g/mol. The average molecular weight is 567 g/mol. The Balaban J connectivity index is 0.000000550. The van der Waals surface area contributed by atoms with Gasteiger partial charge in [-0.2, -0.15) is 0 Å². The van der Waals surface area contributed by atoms with E-state index in [9.17, 15) is 19.2 Å². The summed E-state index contributed by atoms with van der Waals surface area (Å²) in [5.74, 6) is -2.19. The van der Waals surface area contributed by atoms with Crippen LogP contribution in [-0.4, -0.2) is 79.3 Å². The number of hydrogen-bond donors (Lipinski definition) is 2. The fraction of sp³-hybridized carbons (Fsp3) is 0.385. The summed E-state index contributed by atoms with van der Waals surface area (Å²) in [4.78, 5) is 49.3. The minimum absolute atomic E-state index is 0.249. The van der Waals surface area contributed by atoms with Gasteiger partial charge in [0.15, 0.2) is 6.10 Å². The molecule has 2 atom stereocenters. The summed E-state index contributed by atoms with van der Waals surface area (Å²) < 4.78 is 10.8. The maximum Gasteiger partial charge on any atom is 0.303 e. The van der Waals surface area contributed by atoms with Crippen LogP contribution in [0.5, 0.6) is 5.75 Å². The number of esters is 1.